The van der Waals surface area contributed by atoms with Gasteiger partial charge in [0.05, 0.1) is 12.2 Å². The largest absolute Gasteiger partial charge is 0.494 e. The number of benzene rings is 1. The van der Waals surface area contributed by atoms with Gasteiger partial charge in [-0.2, -0.15) is 0 Å². The number of carboxylic acid groups (broad SMARTS) is 1. The smallest absolute Gasteiger partial charge is 0.335 e. The van der Waals surface area contributed by atoms with Gasteiger partial charge in [0.2, 0.25) is 0 Å². The van der Waals surface area contributed by atoms with Crippen molar-refractivity contribution in [3.63, 3.8) is 0 Å². The van der Waals surface area contributed by atoms with Crippen LogP contribution in [0.5, 0.6) is 5.75 Å². The average Bonchev–Trinajstić information content (AvgIpc) is 2.47. The second-order valence-electron chi connectivity index (χ2n) is 5.27. The third-order valence-electron chi connectivity index (χ3n) is 3.42. The number of carbonyl (C=O) groups is 1. The highest BCUT2D eigenvalue weighted by Crippen LogP contribution is 2.16. The fourth-order valence-electron chi connectivity index (χ4n) is 2.11. The third kappa shape index (κ3) is 7.96. The standard InChI is InChI=1S/C17H25ClO3/c1-2-3-4-5-6-7-15(18)12-13-21-16-10-8-14(9-11-16)17(19)20/h8-11,15H,2-7,12-13H2,1H3,(H,19,20). The number of hydrogen-bond donors (Lipinski definition) is 1. The Bertz CT molecular complexity index is 403. The van der Waals surface area contributed by atoms with Crippen molar-refractivity contribution in [3.05, 3.63) is 29.8 Å². The van der Waals surface area contributed by atoms with Crippen LogP contribution in [0.4, 0.5) is 0 Å². The molecule has 118 valence electrons. The predicted octanol–water partition coefficient (Wildman–Crippen LogP) is 5.12. The maximum atomic E-state index is 10.7. The van der Waals surface area contributed by atoms with Crippen LogP contribution < -0.4 is 4.74 Å². The normalized spacial score (nSPS) is 12.1. The Kier molecular flexibility index (Phi) is 8.91. The quantitative estimate of drug-likeness (QED) is 0.455. The molecule has 1 atom stereocenters. The van der Waals surface area contributed by atoms with Crippen LogP contribution >= 0.6 is 11.6 Å². The molecular weight excluding hydrogens is 288 g/mol. The number of aromatic carboxylic acids is 1. The van der Waals surface area contributed by atoms with E-state index < -0.39 is 5.97 Å². The number of unbranched alkanes of at least 4 members (excludes halogenated alkanes) is 4. The highest BCUT2D eigenvalue weighted by atomic mass is 35.5. The van der Waals surface area contributed by atoms with Crippen LogP contribution in [0.1, 0.15) is 62.2 Å². The van der Waals surface area contributed by atoms with E-state index in [4.69, 9.17) is 21.4 Å². The SMILES string of the molecule is CCCCCCCC(Cl)CCOc1ccc(C(=O)O)cc1. The van der Waals surface area contributed by atoms with Gasteiger partial charge in [-0.15, -0.1) is 11.6 Å². The molecule has 0 bridgehead atoms. The molecule has 0 spiro atoms. The van der Waals surface area contributed by atoms with Gasteiger partial charge in [-0.25, -0.2) is 4.79 Å². The fraction of sp³-hybridized carbons (Fsp3) is 0.588. The van der Waals surface area contributed by atoms with E-state index in [1.165, 1.54) is 32.1 Å². The summed E-state index contributed by atoms with van der Waals surface area (Å²) in [6, 6.07) is 6.45. The van der Waals surface area contributed by atoms with Crippen molar-refractivity contribution in [2.24, 2.45) is 0 Å². The van der Waals surface area contributed by atoms with Crippen LogP contribution in [0.25, 0.3) is 0 Å². The zero-order valence-electron chi connectivity index (χ0n) is 12.7. The molecule has 0 amide bonds. The van der Waals surface area contributed by atoms with E-state index in [-0.39, 0.29) is 10.9 Å². The zero-order valence-corrected chi connectivity index (χ0v) is 13.4. The maximum absolute atomic E-state index is 10.7. The molecule has 0 radical (unpaired) electrons. The minimum atomic E-state index is -0.926. The van der Waals surface area contributed by atoms with E-state index in [2.05, 4.69) is 6.92 Å². The van der Waals surface area contributed by atoms with Gasteiger partial charge in [0.1, 0.15) is 5.75 Å². The first kappa shape index (κ1) is 17.8. The monoisotopic (exact) mass is 312 g/mol. The van der Waals surface area contributed by atoms with Gasteiger partial charge < -0.3 is 9.84 Å². The maximum Gasteiger partial charge on any atom is 0.335 e. The first-order valence-electron chi connectivity index (χ1n) is 7.73. The third-order valence-corrected chi connectivity index (χ3v) is 3.86. The van der Waals surface area contributed by atoms with Crippen LogP contribution in [-0.2, 0) is 0 Å². The summed E-state index contributed by atoms with van der Waals surface area (Å²) in [4.78, 5) is 10.7. The van der Waals surface area contributed by atoms with Crippen molar-refractivity contribution in [3.8, 4) is 5.75 Å². The molecule has 1 unspecified atom stereocenters. The minimum Gasteiger partial charge on any atom is -0.494 e. The van der Waals surface area contributed by atoms with E-state index in [1.807, 2.05) is 0 Å². The van der Waals surface area contributed by atoms with Crippen LogP contribution in [0, 0.1) is 0 Å². The molecule has 0 aliphatic carbocycles. The molecule has 0 aliphatic heterocycles. The van der Waals surface area contributed by atoms with E-state index in [9.17, 15) is 4.79 Å². The van der Waals surface area contributed by atoms with Crippen molar-refractivity contribution >= 4 is 17.6 Å². The molecule has 3 nitrogen and oxygen atoms in total. The molecule has 0 saturated heterocycles. The van der Waals surface area contributed by atoms with E-state index >= 15 is 0 Å². The van der Waals surface area contributed by atoms with E-state index in [1.54, 1.807) is 24.3 Å². The Balaban J connectivity index is 2.13. The number of rotatable bonds is 11. The highest BCUT2D eigenvalue weighted by Gasteiger charge is 2.06. The molecule has 21 heavy (non-hydrogen) atoms. The van der Waals surface area contributed by atoms with Gasteiger partial charge in [-0.1, -0.05) is 39.0 Å². The molecule has 0 aliphatic rings. The Hall–Kier alpha value is -1.22. The topological polar surface area (TPSA) is 46.5 Å². The van der Waals surface area contributed by atoms with E-state index in [0.29, 0.717) is 12.4 Å². The molecule has 4 heteroatoms. The van der Waals surface area contributed by atoms with Crippen molar-refractivity contribution in [1.29, 1.82) is 0 Å². The molecule has 1 N–H and O–H groups in total. The van der Waals surface area contributed by atoms with Crippen LogP contribution in [0.3, 0.4) is 0 Å². The molecule has 1 aromatic rings. The fourth-order valence-corrected chi connectivity index (χ4v) is 2.36. The number of alkyl halides is 1. The van der Waals surface area contributed by atoms with Gasteiger partial charge in [0.15, 0.2) is 0 Å². The summed E-state index contributed by atoms with van der Waals surface area (Å²) in [5.74, 6) is -0.239. The molecule has 0 aromatic heterocycles. The second-order valence-corrected chi connectivity index (χ2v) is 5.88. The summed E-state index contributed by atoms with van der Waals surface area (Å²) in [6.07, 6.45) is 8.16. The highest BCUT2D eigenvalue weighted by molar-refractivity contribution is 6.20. The summed E-state index contributed by atoms with van der Waals surface area (Å²) >= 11 is 6.27. The Morgan fingerprint density at radius 2 is 1.81 bits per heavy atom. The zero-order chi connectivity index (χ0) is 15.5. The average molecular weight is 313 g/mol. The molecule has 1 aromatic carbocycles. The number of carboxylic acids is 1. The van der Waals surface area contributed by atoms with Crippen LogP contribution in [-0.4, -0.2) is 23.1 Å². The van der Waals surface area contributed by atoms with Gasteiger partial charge in [-0.05, 0) is 37.1 Å². The van der Waals surface area contributed by atoms with Gasteiger partial charge in [0.25, 0.3) is 0 Å². The molecule has 0 heterocycles. The van der Waals surface area contributed by atoms with Crippen LogP contribution in [0.15, 0.2) is 24.3 Å². The molecule has 0 saturated carbocycles. The van der Waals surface area contributed by atoms with Crippen molar-refractivity contribution < 1.29 is 14.6 Å². The number of hydrogen-bond acceptors (Lipinski definition) is 2. The lowest BCUT2D eigenvalue weighted by Crippen LogP contribution is -2.07. The van der Waals surface area contributed by atoms with Crippen molar-refractivity contribution in [2.75, 3.05) is 6.61 Å². The lowest BCUT2D eigenvalue weighted by Gasteiger charge is -2.11. The van der Waals surface area contributed by atoms with Crippen molar-refractivity contribution in [1.82, 2.24) is 0 Å². The lowest BCUT2D eigenvalue weighted by atomic mass is 10.1. The summed E-state index contributed by atoms with van der Waals surface area (Å²) in [6.45, 7) is 2.78. The molecule has 0 fully saturated rings. The number of ether oxygens (including phenoxy) is 1. The van der Waals surface area contributed by atoms with Crippen molar-refractivity contribution in [2.45, 2.75) is 57.2 Å². The van der Waals surface area contributed by atoms with Crippen LogP contribution in [0.2, 0.25) is 0 Å². The van der Waals surface area contributed by atoms with Gasteiger partial charge in [0, 0.05) is 5.38 Å². The summed E-state index contributed by atoms with van der Waals surface area (Å²) in [7, 11) is 0. The molecule has 1 rings (SSSR count). The predicted molar refractivity (Wildman–Crippen MR) is 86.5 cm³/mol. The summed E-state index contributed by atoms with van der Waals surface area (Å²) in [5, 5.41) is 8.96. The Morgan fingerprint density at radius 3 is 2.43 bits per heavy atom. The van der Waals surface area contributed by atoms with E-state index in [0.717, 1.165) is 12.8 Å². The first-order valence-corrected chi connectivity index (χ1v) is 8.17. The number of halogens is 1. The molecular formula is C17H25ClO3. The second kappa shape index (κ2) is 10.5. The lowest BCUT2D eigenvalue weighted by molar-refractivity contribution is 0.0697. The minimum absolute atomic E-state index is 0.157. The first-order chi connectivity index (χ1) is 10.1. The van der Waals surface area contributed by atoms with Gasteiger partial charge >= 0.3 is 5.97 Å². The Labute approximate surface area is 132 Å². The summed E-state index contributed by atoms with van der Waals surface area (Å²) < 4.78 is 5.58. The summed E-state index contributed by atoms with van der Waals surface area (Å²) in [5.41, 5.74) is 0.268. The van der Waals surface area contributed by atoms with Gasteiger partial charge in [-0.3, -0.25) is 0 Å². The Morgan fingerprint density at radius 1 is 1.14 bits per heavy atom.